The molecule has 2 amide bonds. The van der Waals surface area contributed by atoms with E-state index in [1.165, 1.54) is 0 Å². The van der Waals surface area contributed by atoms with Gasteiger partial charge in [0.25, 0.3) is 5.91 Å². The summed E-state index contributed by atoms with van der Waals surface area (Å²) in [7, 11) is 3.85. The summed E-state index contributed by atoms with van der Waals surface area (Å²) in [6.07, 6.45) is 1.74. The molecule has 0 saturated carbocycles. The number of piperazine rings is 1. The lowest BCUT2D eigenvalue weighted by Crippen LogP contribution is -2.51. The van der Waals surface area contributed by atoms with Crippen molar-refractivity contribution >= 4 is 23.3 Å². The van der Waals surface area contributed by atoms with Crippen LogP contribution in [0.3, 0.4) is 0 Å². The van der Waals surface area contributed by atoms with Gasteiger partial charge in [0.2, 0.25) is 5.91 Å². The van der Waals surface area contributed by atoms with E-state index in [1.54, 1.807) is 35.4 Å². The van der Waals surface area contributed by atoms with Crippen molar-refractivity contribution in [1.82, 2.24) is 20.4 Å². The van der Waals surface area contributed by atoms with Gasteiger partial charge in [-0.25, -0.2) is 0 Å². The van der Waals surface area contributed by atoms with Crippen LogP contribution in [0, 0.1) is 0 Å². The zero-order valence-corrected chi connectivity index (χ0v) is 15.6. The molecule has 27 heavy (non-hydrogen) atoms. The van der Waals surface area contributed by atoms with Gasteiger partial charge < -0.3 is 20.0 Å². The minimum Gasteiger partial charge on any atom is -0.367 e. The number of aromatic nitrogens is 2. The predicted molar refractivity (Wildman–Crippen MR) is 104 cm³/mol. The Balaban J connectivity index is 1.49. The number of anilines is 2. The van der Waals surface area contributed by atoms with Crippen molar-refractivity contribution in [1.29, 1.82) is 0 Å². The maximum absolute atomic E-state index is 12.4. The van der Waals surface area contributed by atoms with Crippen molar-refractivity contribution < 1.29 is 9.59 Å². The van der Waals surface area contributed by atoms with E-state index >= 15 is 0 Å². The molecule has 1 aromatic heterocycles. The minimum absolute atomic E-state index is 0.00924. The van der Waals surface area contributed by atoms with Crippen LogP contribution in [0.4, 0.5) is 11.5 Å². The molecule has 1 fully saturated rings. The molecule has 142 valence electrons. The topological polar surface area (TPSA) is 81.7 Å². The molecular weight excluding hydrogens is 344 g/mol. The van der Waals surface area contributed by atoms with Crippen LogP contribution in [0.5, 0.6) is 0 Å². The first-order chi connectivity index (χ1) is 13.0. The lowest BCUT2D eigenvalue weighted by molar-refractivity contribution is -0.130. The largest absolute Gasteiger partial charge is 0.367 e. The Morgan fingerprint density at radius 2 is 1.81 bits per heavy atom. The van der Waals surface area contributed by atoms with Crippen LogP contribution < -0.4 is 15.1 Å². The Morgan fingerprint density at radius 1 is 1.11 bits per heavy atom. The van der Waals surface area contributed by atoms with Crippen LogP contribution in [0.25, 0.3) is 0 Å². The molecule has 1 aliphatic rings. The van der Waals surface area contributed by atoms with Crippen molar-refractivity contribution in [3.05, 3.63) is 48.2 Å². The maximum Gasteiger partial charge on any atom is 0.251 e. The van der Waals surface area contributed by atoms with Gasteiger partial charge in [-0.05, 0) is 12.1 Å². The normalized spacial score (nSPS) is 14.0. The Morgan fingerprint density at radius 3 is 2.48 bits per heavy atom. The zero-order valence-electron chi connectivity index (χ0n) is 15.6. The molecule has 8 heteroatoms. The van der Waals surface area contributed by atoms with Crippen LogP contribution in [-0.2, 0) is 4.79 Å². The summed E-state index contributed by atoms with van der Waals surface area (Å²) in [6, 6.07) is 10.9. The van der Waals surface area contributed by atoms with Gasteiger partial charge in [-0.3, -0.25) is 9.59 Å². The summed E-state index contributed by atoms with van der Waals surface area (Å²) in [5.41, 5.74) is 1.55. The summed E-state index contributed by atoms with van der Waals surface area (Å²) >= 11 is 0. The van der Waals surface area contributed by atoms with Gasteiger partial charge >= 0.3 is 0 Å². The third-order valence-corrected chi connectivity index (χ3v) is 4.52. The first kappa shape index (κ1) is 18.6. The Bertz CT molecular complexity index is 788. The molecular formula is C19H24N6O2. The fourth-order valence-electron chi connectivity index (χ4n) is 2.91. The highest BCUT2D eigenvalue weighted by Crippen LogP contribution is 2.19. The molecule has 0 spiro atoms. The monoisotopic (exact) mass is 368 g/mol. The fraction of sp³-hybridized carbons (Fsp3) is 0.368. The smallest absolute Gasteiger partial charge is 0.251 e. The Labute approximate surface area is 158 Å². The molecule has 1 aromatic carbocycles. The first-order valence-corrected chi connectivity index (χ1v) is 8.90. The molecule has 2 aromatic rings. The van der Waals surface area contributed by atoms with Gasteiger partial charge in [0.1, 0.15) is 0 Å². The summed E-state index contributed by atoms with van der Waals surface area (Å²) in [4.78, 5) is 30.3. The number of carbonyl (C=O) groups excluding carboxylic acids is 2. The summed E-state index contributed by atoms with van der Waals surface area (Å²) in [5.74, 6) is 0.497. The van der Waals surface area contributed by atoms with Gasteiger partial charge in [0, 0.05) is 51.9 Å². The van der Waals surface area contributed by atoms with E-state index in [0.29, 0.717) is 18.7 Å². The van der Waals surface area contributed by atoms with Crippen molar-refractivity contribution in [2.45, 2.75) is 0 Å². The second kappa shape index (κ2) is 8.48. The number of hydrogen-bond acceptors (Lipinski definition) is 6. The van der Waals surface area contributed by atoms with Gasteiger partial charge in [-0.15, -0.1) is 5.10 Å². The number of nitrogens with zero attached hydrogens (tertiary/aromatic N) is 5. The quantitative estimate of drug-likeness (QED) is 0.833. The Kier molecular flexibility index (Phi) is 5.85. The lowest BCUT2D eigenvalue weighted by atomic mass is 10.2. The SMILES string of the molecule is CN(C)c1cc(N2CCN(C(=O)CNC(=O)c3ccccc3)CC2)cnn1. The summed E-state index contributed by atoms with van der Waals surface area (Å²) < 4.78 is 0. The lowest BCUT2D eigenvalue weighted by Gasteiger charge is -2.36. The highest BCUT2D eigenvalue weighted by atomic mass is 16.2. The molecule has 0 aliphatic carbocycles. The number of amides is 2. The maximum atomic E-state index is 12.4. The fourth-order valence-corrected chi connectivity index (χ4v) is 2.91. The average Bonchev–Trinajstić information content (AvgIpc) is 2.72. The van der Waals surface area contributed by atoms with Crippen molar-refractivity contribution in [2.24, 2.45) is 0 Å². The number of nitrogens with one attached hydrogen (secondary N) is 1. The second-order valence-corrected chi connectivity index (χ2v) is 6.58. The van der Waals surface area contributed by atoms with Crippen molar-refractivity contribution in [2.75, 3.05) is 56.6 Å². The van der Waals surface area contributed by atoms with Gasteiger partial charge in [-0.2, -0.15) is 5.10 Å². The number of hydrogen-bond donors (Lipinski definition) is 1. The van der Waals surface area contributed by atoms with Gasteiger partial charge in [0.15, 0.2) is 5.82 Å². The van der Waals surface area contributed by atoms with Crippen LogP contribution in [0.1, 0.15) is 10.4 Å². The van der Waals surface area contributed by atoms with E-state index in [-0.39, 0.29) is 18.4 Å². The van der Waals surface area contributed by atoms with Crippen LogP contribution in [0.15, 0.2) is 42.6 Å². The van der Waals surface area contributed by atoms with Crippen molar-refractivity contribution in [3.63, 3.8) is 0 Å². The molecule has 8 nitrogen and oxygen atoms in total. The van der Waals surface area contributed by atoms with E-state index in [9.17, 15) is 9.59 Å². The van der Waals surface area contributed by atoms with E-state index in [0.717, 1.165) is 24.6 Å². The Hall–Kier alpha value is -3.16. The van der Waals surface area contributed by atoms with Crippen LogP contribution in [-0.4, -0.2) is 73.7 Å². The van der Waals surface area contributed by atoms with Gasteiger partial charge in [0.05, 0.1) is 18.4 Å². The standard InChI is InChI=1S/C19H24N6O2/c1-23(2)17-12-16(13-21-22-17)24-8-10-25(11-9-24)18(26)14-20-19(27)15-6-4-3-5-7-15/h3-7,12-13H,8-11,14H2,1-2H3,(H,20,27). The van der Waals surface area contributed by atoms with E-state index in [2.05, 4.69) is 20.4 Å². The highest BCUT2D eigenvalue weighted by Gasteiger charge is 2.22. The van der Waals surface area contributed by atoms with Crippen LogP contribution >= 0.6 is 0 Å². The van der Waals surface area contributed by atoms with E-state index in [1.807, 2.05) is 31.1 Å². The average molecular weight is 368 g/mol. The molecule has 1 saturated heterocycles. The van der Waals surface area contributed by atoms with E-state index < -0.39 is 0 Å². The first-order valence-electron chi connectivity index (χ1n) is 8.90. The number of carbonyl (C=O) groups is 2. The third kappa shape index (κ3) is 4.72. The molecule has 0 atom stereocenters. The third-order valence-electron chi connectivity index (χ3n) is 4.52. The second-order valence-electron chi connectivity index (χ2n) is 6.58. The summed E-state index contributed by atoms with van der Waals surface area (Å²) in [5, 5.41) is 10.8. The van der Waals surface area contributed by atoms with Crippen molar-refractivity contribution in [3.8, 4) is 0 Å². The summed E-state index contributed by atoms with van der Waals surface area (Å²) in [6.45, 7) is 2.67. The number of benzene rings is 1. The molecule has 0 unspecified atom stereocenters. The molecule has 3 rings (SSSR count). The van der Waals surface area contributed by atoms with E-state index in [4.69, 9.17) is 0 Å². The molecule has 0 radical (unpaired) electrons. The number of rotatable bonds is 5. The zero-order chi connectivity index (χ0) is 19.2. The molecule has 2 heterocycles. The minimum atomic E-state index is -0.235. The van der Waals surface area contributed by atoms with Gasteiger partial charge in [-0.1, -0.05) is 18.2 Å². The molecule has 0 bridgehead atoms. The highest BCUT2D eigenvalue weighted by molar-refractivity contribution is 5.96. The molecule has 1 N–H and O–H groups in total. The molecule has 1 aliphatic heterocycles. The van der Waals surface area contributed by atoms with Crippen LogP contribution in [0.2, 0.25) is 0 Å². The predicted octanol–water partition coefficient (Wildman–Crippen LogP) is 0.621.